The van der Waals surface area contributed by atoms with Crippen LogP contribution in [0.1, 0.15) is 136 Å². The van der Waals surface area contributed by atoms with Gasteiger partial charge in [-0.25, -0.2) is 0 Å². The molecule has 1 aliphatic rings. The van der Waals surface area contributed by atoms with Crippen molar-refractivity contribution >= 4 is 0 Å². The quantitative estimate of drug-likeness (QED) is 0.115. The van der Waals surface area contributed by atoms with Crippen molar-refractivity contribution in [2.75, 3.05) is 26.9 Å². The normalized spacial score (nSPS) is 17.9. The molecule has 0 aromatic heterocycles. The highest BCUT2D eigenvalue weighted by atomic mass is 16.6. The molecule has 0 radical (unpaired) electrons. The molecular formula is C27H54O3. The molecule has 0 N–H and O–H groups in total. The zero-order chi connectivity index (χ0) is 21.8. The molecule has 0 aliphatic carbocycles. The van der Waals surface area contributed by atoms with Crippen LogP contribution in [0.2, 0.25) is 0 Å². The highest BCUT2D eigenvalue weighted by Crippen LogP contribution is 2.31. The average Bonchev–Trinajstić information content (AvgIpc) is 3.58. The van der Waals surface area contributed by atoms with Crippen LogP contribution in [0.5, 0.6) is 0 Å². The molecule has 3 nitrogen and oxygen atoms in total. The third-order valence-corrected chi connectivity index (χ3v) is 6.78. The van der Waals surface area contributed by atoms with Gasteiger partial charge in [0.05, 0.1) is 18.8 Å². The minimum absolute atomic E-state index is 0.0745. The Morgan fingerprint density at radius 2 is 1.10 bits per heavy atom. The van der Waals surface area contributed by atoms with Crippen LogP contribution in [-0.2, 0) is 14.2 Å². The third-order valence-electron chi connectivity index (χ3n) is 6.78. The van der Waals surface area contributed by atoms with Crippen LogP contribution in [0, 0.1) is 0 Å². The maximum absolute atomic E-state index is 6.20. The molecule has 180 valence electrons. The third kappa shape index (κ3) is 15.6. The topological polar surface area (TPSA) is 31.0 Å². The highest BCUT2D eigenvalue weighted by molar-refractivity contribution is 4.81. The molecule has 1 saturated heterocycles. The van der Waals surface area contributed by atoms with Crippen molar-refractivity contribution in [2.24, 2.45) is 0 Å². The van der Waals surface area contributed by atoms with Crippen LogP contribution < -0.4 is 0 Å². The van der Waals surface area contributed by atoms with Crippen molar-refractivity contribution in [1.29, 1.82) is 0 Å². The number of epoxide rings is 1. The molecule has 2 atom stereocenters. The Morgan fingerprint density at radius 3 is 1.53 bits per heavy atom. The Bertz CT molecular complexity index is 356. The van der Waals surface area contributed by atoms with Crippen molar-refractivity contribution < 1.29 is 14.2 Å². The van der Waals surface area contributed by atoms with E-state index in [0.29, 0.717) is 6.10 Å². The Morgan fingerprint density at radius 1 is 0.667 bits per heavy atom. The smallest absolute Gasteiger partial charge is 0.104 e. The second-order valence-corrected chi connectivity index (χ2v) is 9.62. The molecule has 1 fully saturated rings. The minimum Gasteiger partial charge on any atom is -0.379 e. The van der Waals surface area contributed by atoms with E-state index in [1.807, 2.05) is 7.11 Å². The van der Waals surface area contributed by atoms with E-state index in [2.05, 4.69) is 13.8 Å². The number of hydrogen-bond acceptors (Lipinski definition) is 3. The maximum atomic E-state index is 6.20. The predicted molar refractivity (Wildman–Crippen MR) is 129 cm³/mol. The molecule has 1 aliphatic heterocycles. The second kappa shape index (κ2) is 19.6. The lowest BCUT2D eigenvalue weighted by Gasteiger charge is -2.33. The first-order chi connectivity index (χ1) is 14.8. The standard InChI is InChI=1S/C27H54O3/c1-4-6-8-10-12-14-16-18-21-27(28-3,20-17-15-13-11-9-7-5-2)22-19-23-29-24-26-25-30-26/h26H,4-25H2,1-3H3. The van der Waals surface area contributed by atoms with Crippen molar-refractivity contribution in [3.8, 4) is 0 Å². The van der Waals surface area contributed by atoms with Gasteiger partial charge in [-0.15, -0.1) is 0 Å². The molecule has 1 heterocycles. The van der Waals surface area contributed by atoms with Crippen LogP contribution >= 0.6 is 0 Å². The van der Waals surface area contributed by atoms with Crippen LogP contribution in [0.15, 0.2) is 0 Å². The first-order valence-corrected chi connectivity index (χ1v) is 13.5. The van der Waals surface area contributed by atoms with Crippen LogP contribution in [0.25, 0.3) is 0 Å². The largest absolute Gasteiger partial charge is 0.379 e. The van der Waals surface area contributed by atoms with Gasteiger partial charge in [0.1, 0.15) is 6.10 Å². The van der Waals surface area contributed by atoms with E-state index < -0.39 is 0 Å². The molecule has 0 saturated carbocycles. The first-order valence-electron chi connectivity index (χ1n) is 13.5. The number of hydrogen-bond donors (Lipinski definition) is 0. The summed E-state index contributed by atoms with van der Waals surface area (Å²) in [5.41, 5.74) is 0.0745. The van der Waals surface area contributed by atoms with Gasteiger partial charge in [0.15, 0.2) is 0 Å². The van der Waals surface area contributed by atoms with Crippen LogP contribution in [-0.4, -0.2) is 38.6 Å². The number of ether oxygens (including phenoxy) is 3. The van der Waals surface area contributed by atoms with Gasteiger partial charge in [-0.2, -0.15) is 0 Å². The molecule has 0 aromatic rings. The molecule has 2 unspecified atom stereocenters. The van der Waals surface area contributed by atoms with E-state index >= 15 is 0 Å². The Kier molecular flexibility index (Phi) is 18.2. The average molecular weight is 427 g/mol. The fourth-order valence-corrected chi connectivity index (χ4v) is 4.54. The van der Waals surface area contributed by atoms with E-state index in [1.165, 1.54) is 109 Å². The maximum Gasteiger partial charge on any atom is 0.104 e. The summed E-state index contributed by atoms with van der Waals surface area (Å²) in [6.07, 6.45) is 25.7. The monoisotopic (exact) mass is 426 g/mol. The summed E-state index contributed by atoms with van der Waals surface area (Å²) in [5, 5.41) is 0. The summed E-state index contributed by atoms with van der Waals surface area (Å²) < 4.78 is 17.2. The van der Waals surface area contributed by atoms with Crippen molar-refractivity contribution in [3.05, 3.63) is 0 Å². The number of unbranched alkanes of at least 4 members (excludes halogenated alkanes) is 13. The van der Waals surface area contributed by atoms with Gasteiger partial charge in [-0.1, -0.05) is 110 Å². The van der Waals surface area contributed by atoms with Crippen molar-refractivity contribution in [1.82, 2.24) is 0 Å². The van der Waals surface area contributed by atoms with Gasteiger partial charge < -0.3 is 14.2 Å². The van der Waals surface area contributed by atoms with Gasteiger partial charge in [-0.3, -0.25) is 0 Å². The molecule has 0 spiro atoms. The molecule has 0 bridgehead atoms. The van der Waals surface area contributed by atoms with Gasteiger partial charge in [0.2, 0.25) is 0 Å². The van der Waals surface area contributed by atoms with Crippen molar-refractivity contribution in [3.63, 3.8) is 0 Å². The summed E-state index contributed by atoms with van der Waals surface area (Å²) in [4.78, 5) is 0. The minimum atomic E-state index is 0.0745. The summed E-state index contributed by atoms with van der Waals surface area (Å²) in [7, 11) is 1.95. The molecule has 30 heavy (non-hydrogen) atoms. The Hall–Kier alpha value is -0.120. The molecule has 3 heteroatoms. The van der Waals surface area contributed by atoms with E-state index in [9.17, 15) is 0 Å². The zero-order valence-electron chi connectivity index (χ0n) is 20.9. The molecule has 1 rings (SSSR count). The van der Waals surface area contributed by atoms with Gasteiger partial charge in [0.25, 0.3) is 0 Å². The highest BCUT2D eigenvalue weighted by Gasteiger charge is 2.28. The summed E-state index contributed by atoms with van der Waals surface area (Å²) in [5.74, 6) is 0. The van der Waals surface area contributed by atoms with Crippen molar-refractivity contribution in [2.45, 2.75) is 148 Å². The van der Waals surface area contributed by atoms with Gasteiger partial charge in [0, 0.05) is 13.7 Å². The SMILES string of the molecule is CCCCCCCCCCC(CCCCCCCCC)(CCCOCC1CO1)OC. The summed E-state index contributed by atoms with van der Waals surface area (Å²) >= 11 is 0. The Labute approximate surface area is 189 Å². The summed E-state index contributed by atoms with van der Waals surface area (Å²) in [6, 6.07) is 0. The lowest BCUT2D eigenvalue weighted by Crippen LogP contribution is -2.32. The zero-order valence-corrected chi connectivity index (χ0v) is 20.9. The van der Waals surface area contributed by atoms with Gasteiger partial charge >= 0.3 is 0 Å². The fraction of sp³-hybridized carbons (Fsp3) is 1.00. The van der Waals surface area contributed by atoms with E-state index in [-0.39, 0.29) is 5.60 Å². The van der Waals surface area contributed by atoms with Crippen LogP contribution in [0.3, 0.4) is 0 Å². The fourth-order valence-electron chi connectivity index (χ4n) is 4.54. The number of methoxy groups -OCH3 is 1. The lowest BCUT2D eigenvalue weighted by molar-refractivity contribution is -0.0412. The second-order valence-electron chi connectivity index (χ2n) is 9.62. The van der Waals surface area contributed by atoms with E-state index in [4.69, 9.17) is 14.2 Å². The van der Waals surface area contributed by atoms with Gasteiger partial charge in [-0.05, 0) is 25.7 Å². The summed E-state index contributed by atoms with van der Waals surface area (Å²) in [6.45, 7) is 7.09. The first kappa shape index (κ1) is 27.9. The lowest BCUT2D eigenvalue weighted by atomic mass is 9.85. The predicted octanol–water partition coefficient (Wildman–Crippen LogP) is 8.24. The van der Waals surface area contributed by atoms with E-state index in [0.717, 1.165) is 32.7 Å². The number of rotatable bonds is 24. The van der Waals surface area contributed by atoms with E-state index in [1.54, 1.807) is 0 Å². The molecular weight excluding hydrogens is 372 g/mol. The molecule has 0 amide bonds. The van der Waals surface area contributed by atoms with Crippen LogP contribution in [0.4, 0.5) is 0 Å². The Balaban J connectivity index is 2.25. The molecule has 0 aromatic carbocycles.